The highest BCUT2D eigenvalue weighted by atomic mass is 19.1. The number of hydrogen-bond acceptors (Lipinski definition) is 2. The Morgan fingerprint density at radius 1 is 1.21 bits per heavy atom. The fourth-order valence-corrected chi connectivity index (χ4v) is 2.47. The van der Waals surface area contributed by atoms with E-state index in [1.165, 1.54) is 0 Å². The number of nitrogens with zero attached hydrogens (tertiary/aromatic N) is 1. The molecule has 0 bridgehead atoms. The van der Waals surface area contributed by atoms with E-state index < -0.39 is 0 Å². The minimum atomic E-state index is -0.141. The maximum absolute atomic E-state index is 14.2. The number of benzene rings is 1. The summed E-state index contributed by atoms with van der Waals surface area (Å²) in [5, 5.41) is 3.19. The van der Waals surface area contributed by atoms with Gasteiger partial charge in [0.25, 0.3) is 0 Å². The fourth-order valence-electron chi connectivity index (χ4n) is 2.47. The summed E-state index contributed by atoms with van der Waals surface area (Å²) < 4.78 is 14.2. The molecule has 1 aromatic rings. The topological polar surface area (TPSA) is 15.3 Å². The standard InChI is InChI=1S/C16H27FN2/c1-11(2)10-12(3)19(6)16-14(13(4)18-5)8-7-9-15(16)17/h7-9,11-13,18H,10H2,1-6H3. The molecule has 0 fully saturated rings. The molecule has 19 heavy (non-hydrogen) atoms. The molecule has 0 aliphatic heterocycles. The van der Waals surface area contributed by atoms with Crippen molar-refractivity contribution in [2.45, 2.75) is 46.2 Å². The van der Waals surface area contributed by atoms with Crippen LogP contribution in [0.25, 0.3) is 0 Å². The molecule has 1 aromatic carbocycles. The highest BCUT2D eigenvalue weighted by molar-refractivity contribution is 5.56. The minimum absolute atomic E-state index is 0.138. The van der Waals surface area contributed by atoms with E-state index in [0.717, 1.165) is 17.7 Å². The fraction of sp³-hybridized carbons (Fsp3) is 0.625. The summed E-state index contributed by atoms with van der Waals surface area (Å²) in [6.45, 7) is 8.60. The van der Waals surface area contributed by atoms with Crippen LogP contribution in [0.3, 0.4) is 0 Å². The number of halogens is 1. The van der Waals surface area contributed by atoms with Crippen molar-refractivity contribution in [3.05, 3.63) is 29.6 Å². The SMILES string of the molecule is CNC(C)c1cccc(F)c1N(C)C(C)CC(C)C. The number of rotatable bonds is 6. The van der Waals surface area contributed by atoms with Crippen molar-refractivity contribution in [3.63, 3.8) is 0 Å². The number of hydrogen-bond donors (Lipinski definition) is 1. The van der Waals surface area contributed by atoms with E-state index in [1.807, 2.05) is 20.2 Å². The predicted octanol–water partition coefficient (Wildman–Crippen LogP) is 3.98. The molecule has 1 rings (SSSR count). The third-order valence-corrected chi connectivity index (χ3v) is 3.74. The van der Waals surface area contributed by atoms with Crippen LogP contribution in [0.1, 0.15) is 45.7 Å². The van der Waals surface area contributed by atoms with Crippen molar-refractivity contribution >= 4 is 5.69 Å². The molecule has 0 saturated heterocycles. The molecule has 0 aromatic heterocycles. The molecule has 0 aliphatic carbocycles. The average Bonchev–Trinajstić information content (AvgIpc) is 2.35. The van der Waals surface area contributed by atoms with Crippen LogP contribution in [0.5, 0.6) is 0 Å². The zero-order valence-corrected chi connectivity index (χ0v) is 13.0. The molecular formula is C16H27FN2. The Morgan fingerprint density at radius 2 is 1.84 bits per heavy atom. The van der Waals surface area contributed by atoms with E-state index in [4.69, 9.17) is 0 Å². The maximum Gasteiger partial charge on any atom is 0.146 e. The molecule has 1 N–H and O–H groups in total. The van der Waals surface area contributed by atoms with Gasteiger partial charge in [0.05, 0.1) is 5.69 Å². The van der Waals surface area contributed by atoms with Crippen LogP contribution in [-0.4, -0.2) is 20.1 Å². The first-order valence-corrected chi connectivity index (χ1v) is 7.07. The number of nitrogens with one attached hydrogen (secondary N) is 1. The van der Waals surface area contributed by atoms with Gasteiger partial charge in [-0.2, -0.15) is 0 Å². The Hall–Kier alpha value is -1.09. The Labute approximate surface area is 117 Å². The lowest BCUT2D eigenvalue weighted by Gasteiger charge is -2.31. The Morgan fingerprint density at radius 3 is 2.37 bits per heavy atom. The van der Waals surface area contributed by atoms with E-state index >= 15 is 0 Å². The molecule has 0 aliphatic rings. The molecule has 0 saturated carbocycles. The van der Waals surface area contributed by atoms with Crippen molar-refractivity contribution in [2.24, 2.45) is 5.92 Å². The smallest absolute Gasteiger partial charge is 0.146 e. The lowest BCUT2D eigenvalue weighted by atomic mass is 10.0. The van der Waals surface area contributed by atoms with Crippen molar-refractivity contribution in [3.8, 4) is 0 Å². The number of anilines is 1. The van der Waals surface area contributed by atoms with Gasteiger partial charge in [-0.15, -0.1) is 0 Å². The normalized spacial score (nSPS) is 14.5. The van der Waals surface area contributed by atoms with Gasteiger partial charge in [-0.1, -0.05) is 26.0 Å². The molecule has 2 nitrogen and oxygen atoms in total. The van der Waals surface area contributed by atoms with Gasteiger partial charge in [0.15, 0.2) is 0 Å². The lowest BCUT2D eigenvalue weighted by molar-refractivity contribution is 0.495. The largest absolute Gasteiger partial charge is 0.369 e. The Kier molecular flexibility index (Phi) is 5.80. The maximum atomic E-state index is 14.2. The molecule has 2 unspecified atom stereocenters. The van der Waals surface area contributed by atoms with E-state index in [2.05, 4.69) is 37.9 Å². The highest BCUT2D eigenvalue weighted by Gasteiger charge is 2.20. The molecule has 0 heterocycles. The van der Waals surface area contributed by atoms with Crippen molar-refractivity contribution in [2.75, 3.05) is 19.0 Å². The van der Waals surface area contributed by atoms with Gasteiger partial charge in [-0.05, 0) is 44.9 Å². The van der Waals surface area contributed by atoms with Crippen LogP contribution < -0.4 is 10.2 Å². The molecule has 0 radical (unpaired) electrons. The van der Waals surface area contributed by atoms with Crippen LogP contribution in [0.2, 0.25) is 0 Å². The van der Waals surface area contributed by atoms with Gasteiger partial charge in [0, 0.05) is 19.1 Å². The van der Waals surface area contributed by atoms with Gasteiger partial charge in [0.2, 0.25) is 0 Å². The summed E-state index contributed by atoms with van der Waals surface area (Å²) in [6, 6.07) is 5.78. The first kappa shape index (κ1) is 16.0. The van der Waals surface area contributed by atoms with E-state index in [1.54, 1.807) is 12.1 Å². The van der Waals surface area contributed by atoms with E-state index in [9.17, 15) is 4.39 Å². The van der Waals surface area contributed by atoms with E-state index in [0.29, 0.717) is 12.0 Å². The molecule has 108 valence electrons. The summed E-state index contributed by atoms with van der Waals surface area (Å²) >= 11 is 0. The summed E-state index contributed by atoms with van der Waals surface area (Å²) in [7, 11) is 3.88. The second-order valence-corrected chi connectivity index (χ2v) is 5.78. The molecule has 2 atom stereocenters. The van der Waals surface area contributed by atoms with Gasteiger partial charge in [0.1, 0.15) is 5.82 Å². The number of para-hydroxylation sites is 1. The van der Waals surface area contributed by atoms with Crippen molar-refractivity contribution in [1.82, 2.24) is 5.32 Å². The van der Waals surface area contributed by atoms with Gasteiger partial charge in [-0.25, -0.2) is 4.39 Å². The Bertz CT molecular complexity index is 404. The van der Waals surface area contributed by atoms with Crippen molar-refractivity contribution < 1.29 is 4.39 Å². The molecule has 0 amide bonds. The van der Waals surface area contributed by atoms with Gasteiger partial charge < -0.3 is 10.2 Å². The van der Waals surface area contributed by atoms with Crippen LogP contribution in [0, 0.1) is 11.7 Å². The van der Waals surface area contributed by atoms with Crippen LogP contribution >= 0.6 is 0 Å². The second kappa shape index (κ2) is 6.90. The Balaban J connectivity index is 3.10. The van der Waals surface area contributed by atoms with Crippen LogP contribution in [-0.2, 0) is 0 Å². The minimum Gasteiger partial charge on any atom is -0.369 e. The first-order chi connectivity index (χ1) is 8.88. The molecule has 0 spiro atoms. The third kappa shape index (κ3) is 3.93. The summed E-state index contributed by atoms with van der Waals surface area (Å²) in [6.07, 6.45) is 1.05. The third-order valence-electron chi connectivity index (χ3n) is 3.74. The molecule has 3 heteroatoms. The highest BCUT2D eigenvalue weighted by Crippen LogP contribution is 2.30. The zero-order valence-electron chi connectivity index (χ0n) is 13.0. The first-order valence-electron chi connectivity index (χ1n) is 7.07. The monoisotopic (exact) mass is 266 g/mol. The molecular weight excluding hydrogens is 239 g/mol. The van der Waals surface area contributed by atoms with Crippen molar-refractivity contribution in [1.29, 1.82) is 0 Å². The second-order valence-electron chi connectivity index (χ2n) is 5.78. The summed E-state index contributed by atoms with van der Waals surface area (Å²) in [4.78, 5) is 2.07. The summed E-state index contributed by atoms with van der Waals surface area (Å²) in [5.74, 6) is 0.465. The average molecular weight is 266 g/mol. The van der Waals surface area contributed by atoms with Crippen LogP contribution in [0.4, 0.5) is 10.1 Å². The van der Waals surface area contributed by atoms with Crippen LogP contribution in [0.15, 0.2) is 18.2 Å². The lowest BCUT2D eigenvalue weighted by Crippen LogP contribution is -2.32. The summed E-state index contributed by atoms with van der Waals surface area (Å²) in [5.41, 5.74) is 1.73. The van der Waals surface area contributed by atoms with Gasteiger partial charge >= 0.3 is 0 Å². The van der Waals surface area contributed by atoms with E-state index in [-0.39, 0.29) is 11.9 Å². The van der Waals surface area contributed by atoms with Gasteiger partial charge in [-0.3, -0.25) is 0 Å². The predicted molar refractivity (Wildman–Crippen MR) is 81.2 cm³/mol. The quantitative estimate of drug-likeness (QED) is 0.838. The zero-order chi connectivity index (χ0) is 14.6.